The highest BCUT2D eigenvalue weighted by Gasteiger charge is 2.42. The Labute approximate surface area is 111 Å². The first kappa shape index (κ1) is 15.9. The van der Waals surface area contributed by atoms with Crippen LogP contribution >= 0.6 is 0 Å². The zero-order chi connectivity index (χ0) is 13.2. The molecule has 0 aromatic carbocycles. The van der Waals surface area contributed by atoms with Gasteiger partial charge < -0.3 is 19.5 Å². The van der Waals surface area contributed by atoms with Crippen LogP contribution in [0.4, 0.5) is 0 Å². The van der Waals surface area contributed by atoms with Gasteiger partial charge in [0.25, 0.3) is 0 Å². The van der Waals surface area contributed by atoms with Gasteiger partial charge in [0.15, 0.2) is 0 Å². The van der Waals surface area contributed by atoms with E-state index in [1.807, 2.05) is 6.92 Å². The zero-order valence-corrected chi connectivity index (χ0v) is 12.1. The lowest BCUT2D eigenvalue weighted by Gasteiger charge is -2.44. The third-order valence-corrected chi connectivity index (χ3v) is 3.18. The van der Waals surface area contributed by atoms with E-state index in [2.05, 4.69) is 19.2 Å². The third-order valence-electron chi connectivity index (χ3n) is 3.18. The van der Waals surface area contributed by atoms with Crippen molar-refractivity contribution in [1.29, 1.82) is 0 Å². The molecule has 0 radical (unpaired) electrons. The summed E-state index contributed by atoms with van der Waals surface area (Å²) in [4.78, 5) is 0. The first-order valence-corrected chi connectivity index (χ1v) is 7.37. The predicted molar refractivity (Wildman–Crippen MR) is 73.0 cm³/mol. The average Bonchev–Trinajstić information content (AvgIpc) is 2.36. The normalized spacial score (nSPS) is 27.2. The standard InChI is InChI=1S/C14H29NO3/c1-4-7-15-12-11-13(14(12)18-8-5-2)17-10-9-16-6-3/h12-15H,4-11H2,1-3H3. The van der Waals surface area contributed by atoms with Crippen molar-refractivity contribution in [2.75, 3.05) is 33.0 Å². The summed E-state index contributed by atoms with van der Waals surface area (Å²) in [7, 11) is 0. The fourth-order valence-corrected chi connectivity index (χ4v) is 2.15. The molecule has 0 aromatic heterocycles. The molecule has 0 aliphatic heterocycles. The molecule has 3 unspecified atom stereocenters. The Morgan fingerprint density at radius 2 is 1.83 bits per heavy atom. The lowest BCUT2D eigenvalue weighted by molar-refractivity contribution is -0.152. The number of rotatable bonds is 11. The van der Waals surface area contributed by atoms with E-state index in [-0.39, 0.29) is 12.2 Å². The van der Waals surface area contributed by atoms with Crippen LogP contribution in [0.1, 0.15) is 40.0 Å². The van der Waals surface area contributed by atoms with Crippen molar-refractivity contribution in [1.82, 2.24) is 5.32 Å². The Kier molecular flexibility index (Phi) is 8.59. The van der Waals surface area contributed by atoms with E-state index in [4.69, 9.17) is 14.2 Å². The Balaban J connectivity index is 2.20. The third kappa shape index (κ3) is 5.22. The van der Waals surface area contributed by atoms with Gasteiger partial charge >= 0.3 is 0 Å². The highest BCUT2D eigenvalue weighted by atomic mass is 16.6. The molecule has 0 aromatic rings. The van der Waals surface area contributed by atoms with Crippen molar-refractivity contribution >= 4 is 0 Å². The number of nitrogens with one attached hydrogen (secondary N) is 1. The van der Waals surface area contributed by atoms with Crippen molar-refractivity contribution in [3.8, 4) is 0 Å². The van der Waals surface area contributed by atoms with Crippen molar-refractivity contribution in [2.45, 2.75) is 58.3 Å². The molecule has 108 valence electrons. The van der Waals surface area contributed by atoms with E-state index >= 15 is 0 Å². The Bertz CT molecular complexity index is 199. The van der Waals surface area contributed by atoms with Gasteiger partial charge in [0, 0.05) is 19.3 Å². The maximum absolute atomic E-state index is 5.88. The van der Waals surface area contributed by atoms with Gasteiger partial charge in [-0.1, -0.05) is 13.8 Å². The number of hydrogen-bond acceptors (Lipinski definition) is 4. The topological polar surface area (TPSA) is 39.7 Å². The van der Waals surface area contributed by atoms with Gasteiger partial charge in [-0.15, -0.1) is 0 Å². The fourth-order valence-electron chi connectivity index (χ4n) is 2.15. The minimum absolute atomic E-state index is 0.220. The van der Waals surface area contributed by atoms with Crippen molar-refractivity contribution < 1.29 is 14.2 Å². The second-order valence-corrected chi connectivity index (χ2v) is 4.74. The highest BCUT2D eigenvalue weighted by molar-refractivity contribution is 4.97. The smallest absolute Gasteiger partial charge is 0.0990 e. The summed E-state index contributed by atoms with van der Waals surface area (Å²) in [5.41, 5.74) is 0. The Hall–Kier alpha value is -0.160. The first-order valence-electron chi connectivity index (χ1n) is 7.37. The summed E-state index contributed by atoms with van der Waals surface area (Å²) in [6.07, 6.45) is 3.74. The van der Waals surface area contributed by atoms with Crippen LogP contribution < -0.4 is 5.32 Å². The minimum atomic E-state index is 0.220. The molecule has 1 rings (SSSR count). The molecular formula is C14H29NO3. The van der Waals surface area contributed by atoms with Crippen LogP contribution in [0.15, 0.2) is 0 Å². The Morgan fingerprint density at radius 1 is 1.00 bits per heavy atom. The fraction of sp³-hybridized carbons (Fsp3) is 1.00. The first-order chi connectivity index (χ1) is 8.83. The van der Waals surface area contributed by atoms with E-state index in [0.717, 1.165) is 39.0 Å². The molecule has 1 N–H and O–H groups in total. The van der Waals surface area contributed by atoms with Crippen LogP contribution in [-0.2, 0) is 14.2 Å². The molecule has 0 amide bonds. The summed E-state index contributed by atoms with van der Waals surface area (Å²) in [5.74, 6) is 0. The average molecular weight is 259 g/mol. The SMILES string of the molecule is CCCNC1CC(OCCOCC)C1OCCC. The van der Waals surface area contributed by atoms with Gasteiger partial charge in [0.1, 0.15) is 0 Å². The van der Waals surface area contributed by atoms with Crippen molar-refractivity contribution in [3.05, 3.63) is 0 Å². The summed E-state index contributed by atoms with van der Waals surface area (Å²) in [6.45, 7) is 10.3. The van der Waals surface area contributed by atoms with E-state index < -0.39 is 0 Å². The lowest BCUT2D eigenvalue weighted by Crippen LogP contribution is -2.60. The van der Waals surface area contributed by atoms with Gasteiger partial charge in [-0.25, -0.2) is 0 Å². The molecule has 1 aliphatic carbocycles. The maximum atomic E-state index is 5.88. The molecule has 4 nitrogen and oxygen atoms in total. The monoisotopic (exact) mass is 259 g/mol. The molecule has 3 atom stereocenters. The van der Waals surface area contributed by atoms with Gasteiger partial charge in [0.05, 0.1) is 25.4 Å². The van der Waals surface area contributed by atoms with Crippen LogP contribution in [0.2, 0.25) is 0 Å². The summed E-state index contributed by atoms with van der Waals surface area (Å²) in [6, 6.07) is 0.466. The van der Waals surface area contributed by atoms with Crippen molar-refractivity contribution in [2.24, 2.45) is 0 Å². The molecule has 0 heterocycles. The lowest BCUT2D eigenvalue weighted by atomic mass is 9.85. The quantitative estimate of drug-likeness (QED) is 0.576. The van der Waals surface area contributed by atoms with E-state index in [0.29, 0.717) is 19.3 Å². The van der Waals surface area contributed by atoms with Crippen molar-refractivity contribution in [3.63, 3.8) is 0 Å². The van der Waals surface area contributed by atoms with Crippen LogP contribution in [0.25, 0.3) is 0 Å². The molecular weight excluding hydrogens is 230 g/mol. The highest BCUT2D eigenvalue weighted by Crippen LogP contribution is 2.27. The summed E-state index contributed by atoms with van der Waals surface area (Å²) >= 11 is 0. The molecule has 1 fully saturated rings. The van der Waals surface area contributed by atoms with E-state index in [1.54, 1.807) is 0 Å². The summed E-state index contributed by atoms with van der Waals surface area (Å²) < 4.78 is 17.0. The molecule has 4 heteroatoms. The van der Waals surface area contributed by atoms with Gasteiger partial charge in [0.2, 0.25) is 0 Å². The molecule has 1 saturated carbocycles. The van der Waals surface area contributed by atoms with Gasteiger partial charge in [-0.3, -0.25) is 0 Å². The van der Waals surface area contributed by atoms with Crippen LogP contribution in [-0.4, -0.2) is 51.2 Å². The maximum Gasteiger partial charge on any atom is 0.0990 e. The van der Waals surface area contributed by atoms with E-state index in [1.165, 1.54) is 0 Å². The van der Waals surface area contributed by atoms with Gasteiger partial charge in [-0.05, 0) is 32.7 Å². The van der Waals surface area contributed by atoms with Crippen LogP contribution in [0.3, 0.4) is 0 Å². The second kappa shape index (κ2) is 9.73. The molecule has 0 bridgehead atoms. The zero-order valence-electron chi connectivity index (χ0n) is 12.1. The predicted octanol–water partition coefficient (Wildman–Crippen LogP) is 1.98. The van der Waals surface area contributed by atoms with Crippen LogP contribution in [0, 0.1) is 0 Å². The number of hydrogen-bond donors (Lipinski definition) is 1. The minimum Gasteiger partial charge on any atom is -0.379 e. The molecule has 18 heavy (non-hydrogen) atoms. The molecule has 1 aliphatic rings. The Morgan fingerprint density at radius 3 is 2.50 bits per heavy atom. The molecule has 0 spiro atoms. The summed E-state index contributed by atoms with van der Waals surface area (Å²) in [5, 5.41) is 3.52. The largest absolute Gasteiger partial charge is 0.379 e. The molecule has 0 saturated heterocycles. The second-order valence-electron chi connectivity index (χ2n) is 4.74. The van der Waals surface area contributed by atoms with Crippen LogP contribution in [0.5, 0.6) is 0 Å². The number of ether oxygens (including phenoxy) is 3. The van der Waals surface area contributed by atoms with E-state index in [9.17, 15) is 0 Å². The van der Waals surface area contributed by atoms with Gasteiger partial charge in [-0.2, -0.15) is 0 Å².